The lowest BCUT2D eigenvalue weighted by Crippen LogP contribution is -2.35. The van der Waals surface area contributed by atoms with Crippen LogP contribution in [0.15, 0.2) is 23.8 Å². The minimum absolute atomic E-state index is 0.239. The number of halogens is 1. The van der Waals surface area contributed by atoms with Crippen molar-refractivity contribution in [3.05, 3.63) is 39.9 Å². The summed E-state index contributed by atoms with van der Waals surface area (Å²) in [7, 11) is 0. The number of rotatable bonds is 1. The van der Waals surface area contributed by atoms with Gasteiger partial charge in [-0.25, -0.2) is 0 Å². The Morgan fingerprint density at radius 2 is 2.00 bits per heavy atom. The molecular formula is C13H16ClN. The highest BCUT2D eigenvalue weighted by Gasteiger charge is 2.21. The van der Waals surface area contributed by atoms with Crippen LogP contribution in [0.25, 0.3) is 6.08 Å². The Balaban J connectivity index is 2.49. The quantitative estimate of drug-likeness (QED) is 0.773. The van der Waals surface area contributed by atoms with Crippen LogP contribution in [-0.2, 0) is 6.42 Å². The average Bonchev–Trinajstić information content (AvgIpc) is 2.16. The molecule has 0 atom stereocenters. The fraction of sp³-hybridized carbons (Fsp3) is 0.385. The number of hydrogen-bond donors (Lipinski definition) is 1. The molecule has 0 heterocycles. The molecule has 0 amide bonds. The molecule has 0 spiro atoms. The van der Waals surface area contributed by atoms with Gasteiger partial charge in [-0.05, 0) is 43.9 Å². The fourth-order valence-electron chi connectivity index (χ4n) is 1.99. The maximum absolute atomic E-state index is 6.17. The van der Waals surface area contributed by atoms with Crippen molar-refractivity contribution >= 4 is 17.7 Å². The van der Waals surface area contributed by atoms with Crippen LogP contribution in [0.1, 0.15) is 31.4 Å². The molecule has 1 aromatic rings. The van der Waals surface area contributed by atoms with Crippen molar-refractivity contribution in [2.24, 2.45) is 5.73 Å². The predicted octanol–water partition coefficient (Wildman–Crippen LogP) is 3.41. The highest BCUT2D eigenvalue weighted by Crippen LogP contribution is 2.32. The molecule has 1 nitrogen and oxygen atoms in total. The lowest BCUT2D eigenvalue weighted by atomic mass is 9.83. The first-order valence-corrected chi connectivity index (χ1v) is 5.63. The first-order valence-electron chi connectivity index (χ1n) is 5.26. The highest BCUT2D eigenvalue weighted by molar-refractivity contribution is 6.32. The predicted molar refractivity (Wildman–Crippen MR) is 66.0 cm³/mol. The molecular weight excluding hydrogens is 206 g/mol. The lowest BCUT2D eigenvalue weighted by molar-refractivity contribution is 0.583. The molecule has 0 fully saturated rings. The van der Waals surface area contributed by atoms with E-state index in [2.05, 4.69) is 12.1 Å². The summed E-state index contributed by atoms with van der Waals surface area (Å²) in [5, 5.41) is 0.828. The van der Waals surface area contributed by atoms with Crippen molar-refractivity contribution in [3.8, 4) is 0 Å². The van der Waals surface area contributed by atoms with E-state index in [9.17, 15) is 0 Å². The van der Waals surface area contributed by atoms with E-state index in [0.29, 0.717) is 0 Å². The van der Waals surface area contributed by atoms with E-state index < -0.39 is 0 Å². The molecule has 80 valence electrons. The SMILES string of the molecule is CC(C)(N)C1=Cc2c(Cl)cccc2CC1. The van der Waals surface area contributed by atoms with Crippen molar-refractivity contribution in [3.63, 3.8) is 0 Å². The van der Waals surface area contributed by atoms with Crippen LogP contribution in [0.5, 0.6) is 0 Å². The van der Waals surface area contributed by atoms with E-state index >= 15 is 0 Å². The van der Waals surface area contributed by atoms with E-state index in [4.69, 9.17) is 17.3 Å². The van der Waals surface area contributed by atoms with Gasteiger partial charge in [0.2, 0.25) is 0 Å². The lowest BCUT2D eigenvalue weighted by Gasteiger charge is -2.27. The van der Waals surface area contributed by atoms with Crippen LogP contribution in [0, 0.1) is 0 Å². The van der Waals surface area contributed by atoms with E-state index in [1.54, 1.807) is 0 Å². The zero-order valence-electron chi connectivity index (χ0n) is 9.18. The molecule has 0 aromatic heterocycles. The molecule has 2 N–H and O–H groups in total. The van der Waals surface area contributed by atoms with Crippen molar-refractivity contribution in [1.82, 2.24) is 0 Å². The van der Waals surface area contributed by atoms with Crippen LogP contribution < -0.4 is 5.73 Å². The van der Waals surface area contributed by atoms with Gasteiger partial charge in [-0.15, -0.1) is 0 Å². The number of fused-ring (bicyclic) bond motifs is 1. The monoisotopic (exact) mass is 221 g/mol. The number of aryl methyl sites for hydroxylation is 1. The molecule has 15 heavy (non-hydrogen) atoms. The Kier molecular flexibility index (Phi) is 2.61. The van der Waals surface area contributed by atoms with Crippen molar-refractivity contribution in [1.29, 1.82) is 0 Å². The van der Waals surface area contributed by atoms with Gasteiger partial charge in [0.05, 0.1) is 0 Å². The normalized spacial score (nSPS) is 15.9. The van der Waals surface area contributed by atoms with Crippen LogP contribution in [0.4, 0.5) is 0 Å². The van der Waals surface area contributed by atoms with Gasteiger partial charge < -0.3 is 5.73 Å². The molecule has 0 bridgehead atoms. The highest BCUT2D eigenvalue weighted by atomic mass is 35.5. The summed E-state index contributed by atoms with van der Waals surface area (Å²) < 4.78 is 0. The standard InChI is InChI=1S/C13H16ClN/c1-13(2,15)10-7-6-9-4-3-5-12(14)11(9)8-10/h3-5,8H,6-7,15H2,1-2H3. The Bertz CT molecular complexity index is 413. The van der Waals surface area contributed by atoms with Crippen LogP contribution in [0.3, 0.4) is 0 Å². The van der Waals surface area contributed by atoms with Gasteiger partial charge in [-0.2, -0.15) is 0 Å². The van der Waals surface area contributed by atoms with Gasteiger partial charge in [0, 0.05) is 10.6 Å². The average molecular weight is 222 g/mol. The molecule has 0 radical (unpaired) electrons. The van der Waals surface area contributed by atoms with Crippen molar-refractivity contribution in [2.45, 2.75) is 32.2 Å². The molecule has 0 aliphatic heterocycles. The topological polar surface area (TPSA) is 26.0 Å². The van der Waals surface area contributed by atoms with E-state index in [-0.39, 0.29) is 5.54 Å². The van der Waals surface area contributed by atoms with Gasteiger partial charge in [0.1, 0.15) is 0 Å². The number of benzene rings is 1. The van der Waals surface area contributed by atoms with Gasteiger partial charge in [-0.1, -0.05) is 35.4 Å². The summed E-state index contributed by atoms with van der Waals surface area (Å²) >= 11 is 6.17. The van der Waals surface area contributed by atoms with Gasteiger partial charge in [-0.3, -0.25) is 0 Å². The molecule has 1 aliphatic rings. The van der Waals surface area contributed by atoms with Gasteiger partial charge in [0.15, 0.2) is 0 Å². The molecule has 2 rings (SSSR count). The molecule has 1 aliphatic carbocycles. The maximum Gasteiger partial charge on any atom is 0.0481 e. The molecule has 0 saturated carbocycles. The van der Waals surface area contributed by atoms with E-state index in [0.717, 1.165) is 23.4 Å². The Morgan fingerprint density at radius 1 is 1.27 bits per heavy atom. The first-order chi connectivity index (χ1) is 6.98. The molecule has 0 saturated heterocycles. The smallest absolute Gasteiger partial charge is 0.0481 e. The second-order valence-electron chi connectivity index (χ2n) is 4.70. The number of hydrogen-bond acceptors (Lipinski definition) is 1. The third-order valence-corrected chi connectivity index (χ3v) is 3.28. The first kappa shape index (κ1) is 10.7. The third kappa shape index (κ3) is 2.09. The summed E-state index contributed by atoms with van der Waals surface area (Å²) in [6, 6.07) is 6.08. The molecule has 0 unspecified atom stereocenters. The number of nitrogens with two attached hydrogens (primary N) is 1. The Morgan fingerprint density at radius 3 is 2.67 bits per heavy atom. The summed E-state index contributed by atoms with van der Waals surface area (Å²) in [6.45, 7) is 4.08. The third-order valence-electron chi connectivity index (χ3n) is 2.95. The minimum atomic E-state index is -0.239. The fourth-order valence-corrected chi connectivity index (χ4v) is 2.23. The van der Waals surface area contributed by atoms with Crippen LogP contribution in [0.2, 0.25) is 5.02 Å². The van der Waals surface area contributed by atoms with Gasteiger partial charge >= 0.3 is 0 Å². The minimum Gasteiger partial charge on any atom is -0.322 e. The largest absolute Gasteiger partial charge is 0.322 e. The van der Waals surface area contributed by atoms with Crippen molar-refractivity contribution < 1.29 is 0 Å². The Labute approximate surface area is 95.9 Å². The summed E-state index contributed by atoms with van der Waals surface area (Å²) in [5.74, 6) is 0. The molecule has 2 heteroatoms. The van der Waals surface area contributed by atoms with Crippen LogP contribution in [-0.4, -0.2) is 5.54 Å². The van der Waals surface area contributed by atoms with Crippen LogP contribution >= 0.6 is 11.6 Å². The van der Waals surface area contributed by atoms with Gasteiger partial charge in [0.25, 0.3) is 0 Å². The zero-order valence-corrected chi connectivity index (χ0v) is 9.93. The summed E-state index contributed by atoms with van der Waals surface area (Å²) in [6.07, 6.45) is 4.24. The van der Waals surface area contributed by atoms with E-state index in [1.807, 2.05) is 26.0 Å². The summed E-state index contributed by atoms with van der Waals surface area (Å²) in [5.41, 5.74) is 9.63. The summed E-state index contributed by atoms with van der Waals surface area (Å²) in [4.78, 5) is 0. The zero-order chi connectivity index (χ0) is 11.1. The van der Waals surface area contributed by atoms with Crippen molar-refractivity contribution in [2.75, 3.05) is 0 Å². The Hall–Kier alpha value is -0.790. The molecule has 1 aromatic carbocycles. The second kappa shape index (κ2) is 3.66. The maximum atomic E-state index is 6.17. The second-order valence-corrected chi connectivity index (χ2v) is 5.11. The van der Waals surface area contributed by atoms with E-state index in [1.165, 1.54) is 11.1 Å².